The van der Waals surface area contributed by atoms with Crippen LogP contribution in [-0.4, -0.2) is 38.9 Å². The van der Waals surface area contributed by atoms with Gasteiger partial charge in [0.05, 0.1) is 30.6 Å². The monoisotopic (exact) mass is 294 g/mol. The van der Waals surface area contributed by atoms with Crippen LogP contribution < -0.4 is 4.90 Å². The Hall–Kier alpha value is -1.92. The smallest absolute Gasteiger partial charge is 0.229 e. The number of hydrogen-bond acceptors (Lipinski definition) is 4. The molecule has 1 N–H and O–H groups in total. The van der Waals surface area contributed by atoms with E-state index in [4.69, 9.17) is 11.6 Å². The number of hydrogen-bond donors (Lipinski definition) is 1. The van der Waals surface area contributed by atoms with Crippen molar-refractivity contribution >= 4 is 23.2 Å². The fourth-order valence-corrected chi connectivity index (χ4v) is 1.97. The topological polar surface area (TPSA) is 71.2 Å². The first-order valence-electron chi connectivity index (χ1n) is 6.09. The molecule has 0 aliphatic rings. The van der Waals surface area contributed by atoms with Crippen LogP contribution in [0.1, 0.15) is 13.3 Å². The number of amides is 1. The number of carbonyl (C=O) groups is 1. The Morgan fingerprint density at radius 2 is 2.35 bits per heavy atom. The standard InChI is InChI=1S/C13H15ClN4O2/c1-9(19)6-12(20)17(2)11-8-18(16-13(11)14)10-4-3-5-15-7-10/h3-5,7-9,19H,6H2,1-2H3. The van der Waals surface area contributed by atoms with E-state index in [9.17, 15) is 9.90 Å². The summed E-state index contributed by atoms with van der Waals surface area (Å²) in [7, 11) is 1.60. The number of rotatable bonds is 4. The van der Waals surface area contributed by atoms with Crippen molar-refractivity contribution < 1.29 is 9.90 Å². The highest BCUT2D eigenvalue weighted by Crippen LogP contribution is 2.25. The predicted molar refractivity (Wildman–Crippen MR) is 76.1 cm³/mol. The van der Waals surface area contributed by atoms with Gasteiger partial charge in [-0.1, -0.05) is 11.6 Å². The van der Waals surface area contributed by atoms with Crippen LogP contribution in [0.3, 0.4) is 0 Å². The van der Waals surface area contributed by atoms with Crippen molar-refractivity contribution in [2.24, 2.45) is 0 Å². The molecule has 1 atom stereocenters. The molecule has 0 aliphatic carbocycles. The third kappa shape index (κ3) is 3.15. The summed E-state index contributed by atoms with van der Waals surface area (Å²) in [6.07, 6.45) is 4.29. The molecule has 106 valence electrons. The molecule has 0 spiro atoms. The number of carbonyl (C=O) groups excluding carboxylic acids is 1. The number of nitrogens with zero attached hydrogens (tertiary/aromatic N) is 4. The predicted octanol–water partition coefficient (Wildman–Crippen LogP) is 1.65. The highest BCUT2D eigenvalue weighted by Gasteiger charge is 2.19. The summed E-state index contributed by atoms with van der Waals surface area (Å²) in [6.45, 7) is 1.56. The number of aliphatic hydroxyl groups excluding tert-OH is 1. The Balaban J connectivity index is 2.26. The van der Waals surface area contributed by atoms with Gasteiger partial charge >= 0.3 is 0 Å². The molecule has 0 aliphatic heterocycles. The summed E-state index contributed by atoms with van der Waals surface area (Å²) in [6, 6.07) is 3.62. The molecule has 2 aromatic rings. The second kappa shape index (κ2) is 6.02. The first-order valence-corrected chi connectivity index (χ1v) is 6.47. The Bertz CT molecular complexity index is 598. The largest absolute Gasteiger partial charge is 0.393 e. The third-order valence-electron chi connectivity index (χ3n) is 2.77. The minimum absolute atomic E-state index is 0.0326. The maximum Gasteiger partial charge on any atom is 0.229 e. The molecule has 0 radical (unpaired) electrons. The van der Waals surface area contributed by atoms with Crippen LogP contribution in [0.5, 0.6) is 0 Å². The average Bonchev–Trinajstić information content (AvgIpc) is 2.80. The molecule has 0 bridgehead atoms. The van der Waals surface area contributed by atoms with E-state index in [2.05, 4.69) is 10.1 Å². The summed E-state index contributed by atoms with van der Waals surface area (Å²) in [5.41, 5.74) is 1.23. The van der Waals surface area contributed by atoms with E-state index in [1.807, 2.05) is 6.07 Å². The maximum absolute atomic E-state index is 11.9. The zero-order valence-electron chi connectivity index (χ0n) is 11.2. The summed E-state index contributed by atoms with van der Waals surface area (Å²) < 4.78 is 1.55. The lowest BCUT2D eigenvalue weighted by molar-refractivity contribution is -0.119. The number of anilines is 1. The second-order valence-electron chi connectivity index (χ2n) is 4.47. The van der Waals surface area contributed by atoms with Gasteiger partial charge in [0.15, 0.2) is 5.15 Å². The highest BCUT2D eigenvalue weighted by molar-refractivity contribution is 6.32. The maximum atomic E-state index is 11.9. The van der Waals surface area contributed by atoms with Gasteiger partial charge in [-0.05, 0) is 19.1 Å². The van der Waals surface area contributed by atoms with Crippen molar-refractivity contribution in [2.45, 2.75) is 19.4 Å². The summed E-state index contributed by atoms with van der Waals surface area (Å²) in [4.78, 5) is 17.3. The summed E-state index contributed by atoms with van der Waals surface area (Å²) in [5, 5.41) is 13.6. The molecule has 1 amide bonds. The van der Waals surface area contributed by atoms with Crippen LogP contribution in [0.25, 0.3) is 5.69 Å². The number of aliphatic hydroxyl groups is 1. The molecule has 6 nitrogen and oxygen atoms in total. The molecule has 7 heteroatoms. The van der Waals surface area contributed by atoms with E-state index < -0.39 is 6.10 Å². The highest BCUT2D eigenvalue weighted by atomic mass is 35.5. The van der Waals surface area contributed by atoms with E-state index in [0.29, 0.717) is 5.69 Å². The van der Waals surface area contributed by atoms with E-state index in [1.165, 1.54) is 4.90 Å². The van der Waals surface area contributed by atoms with Crippen LogP contribution >= 0.6 is 11.6 Å². The van der Waals surface area contributed by atoms with Crippen molar-refractivity contribution in [3.63, 3.8) is 0 Å². The molecule has 0 aromatic carbocycles. The number of pyridine rings is 1. The van der Waals surface area contributed by atoms with Crippen molar-refractivity contribution in [1.82, 2.24) is 14.8 Å². The molecule has 20 heavy (non-hydrogen) atoms. The van der Waals surface area contributed by atoms with Gasteiger partial charge < -0.3 is 10.0 Å². The van der Waals surface area contributed by atoms with Gasteiger partial charge in [0, 0.05) is 13.2 Å². The third-order valence-corrected chi connectivity index (χ3v) is 3.04. The second-order valence-corrected chi connectivity index (χ2v) is 4.82. The van der Waals surface area contributed by atoms with Crippen LogP contribution in [0.4, 0.5) is 5.69 Å². The van der Waals surface area contributed by atoms with E-state index in [-0.39, 0.29) is 17.5 Å². The molecule has 0 fully saturated rings. The molecular formula is C13H15ClN4O2. The Labute approximate surface area is 121 Å². The lowest BCUT2D eigenvalue weighted by Crippen LogP contribution is -2.28. The van der Waals surface area contributed by atoms with Crippen LogP contribution in [0.2, 0.25) is 5.15 Å². The van der Waals surface area contributed by atoms with Gasteiger partial charge in [0.25, 0.3) is 0 Å². The van der Waals surface area contributed by atoms with Gasteiger partial charge in [0.2, 0.25) is 5.91 Å². The van der Waals surface area contributed by atoms with Crippen LogP contribution in [0.15, 0.2) is 30.7 Å². The minimum Gasteiger partial charge on any atom is -0.393 e. The quantitative estimate of drug-likeness (QED) is 0.931. The zero-order chi connectivity index (χ0) is 14.7. The van der Waals surface area contributed by atoms with Crippen molar-refractivity contribution in [3.05, 3.63) is 35.9 Å². The lowest BCUT2D eigenvalue weighted by Gasteiger charge is -2.16. The molecular weight excluding hydrogens is 280 g/mol. The lowest BCUT2D eigenvalue weighted by atomic mass is 10.2. The minimum atomic E-state index is -0.697. The van der Waals surface area contributed by atoms with Gasteiger partial charge in [-0.25, -0.2) is 4.68 Å². The Morgan fingerprint density at radius 3 is 2.95 bits per heavy atom. The fraction of sp³-hybridized carbons (Fsp3) is 0.308. The molecule has 2 heterocycles. The fourth-order valence-electron chi connectivity index (χ4n) is 1.71. The Kier molecular flexibility index (Phi) is 4.36. The normalized spacial score (nSPS) is 12.2. The number of aromatic nitrogens is 3. The average molecular weight is 295 g/mol. The van der Waals surface area contributed by atoms with Crippen molar-refractivity contribution in [1.29, 1.82) is 0 Å². The van der Waals surface area contributed by atoms with E-state index in [1.54, 1.807) is 43.3 Å². The zero-order valence-corrected chi connectivity index (χ0v) is 11.9. The summed E-state index contributed by atoms with van der Waals surface area (Å²) in [5.74, 6) is -0.229. The van der Waals surface area contributed by atoms with Gasteiger partial charge in [-0.3, -0.25) is 9.78 Å². The van der Waals surface area contributed by atoms with Crippen LogP contribution in [-0.2, 0) is 4.79 Å². The SMILES string of the molecule is CC(O)CC(=O)N(C)c1cn(-c2cccnc2)nc1Cl. The number of halogens is 1. The van der Waals surface area contributed by atoms with E-state index in [0.717, 1.165) is 5.69 Å². The van der Waals surface area contributed by atoms with E-state index >= 15 is 0 Å². The molecule has 2 rings (SSSR count). The molecule has 0 saturated heterocycles. The molecule has 2 aromatic heterocycles. The van der Waals surface area contributed by atoms with Gasteiger partial charge in [-0.2, -0.15) is 5.10 Å². The van der Waals surface area contributed by atoms with Gasteiger partial charge in [0.1, 0.15) is 5.69 Å². The first kappa shape index (κ1) is 14.5. The van der Waals surface area contributed by atoms with Crippen molar-refractivity contribution in [2.75, 3.05) is 11.9 Å². The summed E-state index contributed by atoms with van der Waals surface area (Å²) >= 11 is 6.06. The first-order chi connectivity index (χ1) is 9.49. The molecule has 0 saturated carbocycles. The van der Waals surface area contributed by atoms with Crippen molar-refractivity contribution in [3.8, 4) is 5.69 Å². The van der Waals surface area contributed by atoms with Gasteiger partial charge in [-0.15, -0.1) is 0 Å². The van der Waals surface area contributed by atoms with Crippen LogP contribution in [0, 0.1) is 0 Å². The molecule has 1 unspecified atom stereocenters. The Morgan fingerprint density at radius 1 is 1.60 bits per heavy atom.